The largest absolute Gasteiger partial charge is 0.376 e. The van der Waals surface area contributed by atoms with Gasteiger partial charge in [-0.3, -0.25) is 4.79 Å². The number of nitrogen functional groups attached to an aromatic ring is 1. The molecule has 5 nitrogen and oxygen atoms in total. The summed E-state index contributed by atoms with van der Waals surface area (Å²) < 4.78 is 0. The predicted octanol–water partition coefficient (Wildman–Crippen LogP) is 2.35. The molecule has 100 valence electrons. The molecule has 0 unspecified atom stereocenters. The van der Waals surface area contributed by atoms with Gasteiger partial charge >= 0.3 is 0 Å². The number of anilines is 3. The number of benzene rings is 1. The maximum absolute atomic E-state index is 12.2. The molecular formula is C13H16N4OS. The summed E-state index contributed by atoms with van der Waals surface area (Å²) in [5, 5.41) is 3.30. The normalized spacial score (nSPS) is 10.3. The minimum absolute atomic E-state index is 0.180. The average Bonchev–Trinajstić information content (AvgIpc) is 2.69. The van der Waals surface area contributed by atoms with Gasteiger partial charge < -0.3 is 16.0 Å². The first kappa shape index (κ1) is 13.4. The number of amides is 1. The molecular weight excluding hydrogens is 260 g/mol. The van der Waals surface area contributed by atoms with E-state index >= 15 is 0 Å². The van der Waals surface area contributed by atoms with E-state index in [1.165, 1.54) is 11.3 Å². The molecule has 0 aliphatic carbocycles. The van der Waals surface area contributed by atoms with Crippen LogP contribution in [0, 0.1) is 6.92 Å². The lowest BCUT2D eigenvalue weighted by atomic mass is 10.2. The van der Waals surface area contributed by atoms with Gasteiger partial charge in [-0.25, -0.2) is 4.98 Å². The number of carbonyl (C=O) groups is 1. The smallest absolute Gasteiger partial charge is 0.267 e. The van der Waals surface area contributed by atoms with E-state index in [4.69, 9.17) is 5.73 Å². The summed E-state index contributed by atoms with van der Waals surface area (Å²) in [5.74, 6) is -0.180. The van der Waals surface area contributed by atoms with Crippen LogP contribution >= 0.6 is 11.3 Å². The third kappa shape index (κ3) is 2.85. The molecule has 0 fully saturated rings. The van der Waals surface area contributed by atoms with Crippen molar-refractivity contribution in [3.8, 4) is 0 Å². The summed E-state index contributed by atoms with van der Waals surface area (Å²) in [6, 6.07) is 7.63. The van der Waals surface area contributed by atoms with Crippen LogP contribution in [0.3, 0.4) is 0 Å². The van der Waals surface area contributed by atoms with Gasteiger partial charge in [0.15, 0.2) is 5.13 Å². The molecule has 2 rings (SSSR count). The minimum atomic E-state index is -0.180. The van der Waals surface area contributed by atoms with E-state index in [2.05, 4.69) is 10.3 Å². The zero-order valence-electron chi connectivity index (χ0n) is 11.1. The van der Waals surface area contributed by atoms with E-state index < -0.39 is 0 Å². The predicted molar refractivity (Wildman–Crippen MR) is 80.0 cm³/mol. The van der Waals surface area contributed by atoms with Gasteiger partial charge in [0.2, 0.25) is 0 Å². The number of nitrogens with one attached hydrogen (secondary N) is 1. The van der Waals surface area contributed by atoms with E-state index in [0.29, 0.717) is 15.7 Å². The Morgan fingerprint density at radius 3 is 2.63 bits per heavy atom. The molecule has 1 aromatic heterocycles. The van der Waals surface area contributed by atoms with Crippen LogP contribution in [-0.4, -0.2) is 25.0 Å². The molecule has 0 bridgehead atoms. The first-order valence-corrected chi connectivity index (χ1v) is 6.61. The van der Waals surface area contributed by atoms with Crippen molar-refractivity contribution in [3.63, 3.8) is 0 Å². The Bertz CT molecular complexity index is 606. The fourth-order valence-corrected chi connectivity index (χ4v) is 2.51. The molecule has 0 aliphatic heterocycles. The molecule has 1 aromatic carbocycles. The summed E-state index contributed by atoms with van der Waals surface area (Å²) in [7, 11) is 3.86. The molecule has 6 heteroatoms. The molecule has 3 N–H and O–H groups in total. The SMILES string of the molecule is Cc1nc(N)sc1C(=O)Nc1ccccc1N(C)C. The van der Waals surface area contributed by atoms with Crippen LogP contribution in [0.2, 0.25) is 0 Å². The number of hydrogen-bond acceptors (Lipinski definition) is 5. The Balaban J connectivity index is 2.27. The van der Waals surface area contributed by atoms with E-state index in [1.54, 1.807) is 6.92 Å². The molecule has 0 spiro atoms. The highest BCUT2D eigenvalue weighted by Crippen LogP contribution is 2.26. The van der Waals surface area contributed by atoms with Crippen LogP contribution in [0.1, 0.15) is 15.4 Å². The van der Waals surface area contributed by atoms with Crippen molar-refractivity contribution in [1.82, 2.24) is 4.98 Å². The lowest BCUT2D eigenvalue weighted by molar-refractivity contribution is 0.103. The molecule has 0 saturated carbocycles. The van der Waals surface area contributed by atoms with E-state index in [1.807, 2.05) is 43.3 Å². The topological polar surface area (TPSA) is 71.2 Å². The first-order valence-electron chi connectivity index (χ1n) is 5.79. The lowest BCUT2D eigenvalue weighted by Crippen LogP contribution is -2.16. The Kier molecular flexibility index (Phi) is 3.71. The first-order chi connectivity index (χ1) is 8.99. The van der Waals surface area contributed by atoms with Crippen molar-refractivity contribution < 1.29 is 4.79 Å². The van der Waals surface area contributed by atoms with Gasteiger partial charge in [0.1, 0.15) is 4.88 Å². The summed E-state index contributed by atoms with van der Waals surface area (Å²) in [5.41, 5.74) is 7.98. The maximum atomic E-state index is 12.2. The van der Waals surface area contributed by atoms with E-state index in [-0.39, 0.29) is 5.91 Å². The Morgan fingerprint density at radius 1 is 1.37 bits per heavy atom. The van der Waals surface area contributed by atoms with Crippen molar-refractivity contribution in [2.45, 2.75) is 6.92 Å². The van der Waals surface area contributed by atoms with Crippen LogP contribution in [0.5, 0.6) is 0 Å². The van der Waals surface area contributed by atoms with Gasteiger partial charge in [0.05, 0.1) is 17.1 Å². The zero-order chi connectivity index (χ0) is 14.0. The highest BCUT2D eigenvalue weighted by Gasteiger charge is 2.15. The number of hydrogen-bond donors (Lipinski definition) is 2. The number of aromatic nitrogens is 1. The second-order valence-corrected chi connectivity index (χ2v) is 5.36. The number of aryl methyl sites for hydroxylation is 1. The zero-order valence-corrected chi connectivity index (χ0v) is 11.9. The number of carbonyl (C=O) groups excluding carboxylic acids is 1. The van der Waals surface area contributed by atoms with Gasteiger partial charge in [-0.15, -0.1) is 0 Å². The number of thiazole rings is 1. The fourth-order valence-electron chi connectivity index (χ4n) is 1.78. The van der Waals surface area contributed by atoms with Crippen molar-refractivity contribution >= 4 is 33.8 Å². The minimum Gasteiger partial charge on any atom is -0.376 e. The maximum Gasteiger partial charge on any atom is 0.267 e. The second kappa shape index (κ2) is 5.27. The molecule has 0 atom stereocenters. The Hall–Kier alpha value is -2.08. The van der Waals surface area contributed by atoms with Gasteiger partial charge in [-0.2, -0.15) is 0 Å². The molecule has 19 heavy (non-hydrogen) atoms. The van der Waals surface area contributed by atoms with Gasteiger partial charge in [0, 0.05) is 14.1 Å². The number of rotatable bonds is 3. The molecule has 0 aliphatic rings. The standard InChI is InChI=1S/C13H16N4OS/c1-8-11(19-13(14)15-8)12(18)16-9-6-4-5-7-10(9)17(2)3/h4-7H,1-3H3,(H2,14,15)(H,16,18). The molecule has 0 radical (unpaired) electrons. The molecule has 0 saturated heterocycles. The lowest BCUT2D eigenvalue weighted by Gasteiger charge is -2.17. The second-order valence-electron chi connectivity index (χ2n) is 4.33. The summed E-state index contributed by atoms with van der Waals surface area (Å²) in [4.78, 5) is 18.8. The number of para-hydroxylation sites is 2. The van der Waals surface area contributed by atoms with Crippen LogP contribution in [0.15, 0.2) is 24.3 Å². The van der Waals surface area contributed by atoms with Gasteiger partial charge in [-0.1, -0.05) is 23.5 Å². The van der Waals surface area contributed by atoms with Crippen LogP contribution in [0.25, 0.3) is 0 Å². The Morgan fingerprint density at radius 2 is 2.05 bits per heavy atom. The quantitative estimate of drug-likeness (QED) is 0.902. The third-order valence-electron chi connectivity index (χ3n) is 2.65. The van der Waals surface area contributed by atoms with Crippen LogP contribution in [0.4, 0.5) is 16.5 Å². The van der Waals surface area contributed by atoms with Crippen molar-refractivity contribution in [3.05, 3.63) is 34.8 Å². The van der Waals surface area contributed by atoms with Crippen molar-refractivity contribution in [2.75, 3.05) is 30.0 Å². The average molecular weight is 276 g/mol. The van der Waals surface area contributed by atoms with Crippen LogP contribution < -0.4 is 16.0 Å². The molecule has 2 aromatic rings. The van der Waals surface area contributed by atoms with Gasteiger partial charge in [-0.05, 0) is 19.1 Å². The monoisotopic (exact) mass is 276 g/mol. The van der Waals surface area contributed by atoms with Gasteiger partial charge in [0.25, 0.3) is 5.91 Å². The summed E-state index contributed by atoms with van der Waals surface area (Å²) in [6.45, 7) is 1.78. The fraction of sp³-hybridized carbons (Fsp3) is 0.231. The number of nitrogens with zero attached hydrogens (tertiary/aromatic N) is 2. The third-order valence-corrected chi connectivity index (χ3v) is 3.64. The van der Waals surface area contributed by atoms with Crippen molar-refractivity contribution in [2.24, 2.45) is 0 Å². The molecule has 1 heterocycles. The highest BCUT2D eigenvalue weighted by atomic mass is 32.1. The van der Waals surface area contributed by atoms with E-state index in [9.17, 15) is 4.79 Å². The molecule has 1 amide bonds. The summed E-state index contributed by atoms with van der Waals surface area (Å²) in [6.07, 6.45) is 0. The number of nitrogens with two attached hydrogens (primary N) is 1. The van der Waals surface area contributed by atoms with Crippen LogP contribution in [-0.2, 0) is 0 Å². The highest BCUT2D eigenvalue weighted by molar-refractivity contribution is 7.17. The summed E-state index contributed by atoms with van der Waals surface area (Å²) >= 11 is 1.20. The van der Waals surface area contributed by atoms with Crippen molar-refractivity contribution in [1.29, 1.82) is 0 Å². The Labute approximate surface area is 116 Å². The van der Waals surface area contributed by atoms with E-state index in [0.717, 1.165) is 11.4 Å².